The summed E-state index contributed by atoms with van der Waals surface area (Å²) in [5.41, 5.74) is 0. The number of carbonyl (C=O) groups excluding carboxylic acids is 2. The van der Waals surface area contributed by atoms with Crippen LogP contribution in [-0.4, -0.2) is 53.9 Å². The van der Waals surface area contributed by atoms with Gasteiger partial charge in [-0.3, -0.25) is 9.59 Å². The van der Waals surface area contributed by atoms with Gasteiger partial charge in [0, 0.05) is 6.54 Å². The minimum atomic E-state index is -4.22. The quantitative estimate of drug-likeness (QED) is 0.569. The third kappa shape index (κ3) is 4.04. The summed E-state index contributed by atoms with van der Waals surface area (Å²) in [5.74, 6) is -3.50. The zero-order valence-electron chi connectivity index (χ0n) is 13.8. The molecule has 26 heavy (non-hydrogen) atoms. The number of aliphatic carboxylic acids is 1. The van der Waals surface area contributed by atoms with E-state index in [2.05, 4.69) is 0 Å². The number of hydrogen-bond donors (Lipinski definition) is 1. The fraction of sp³-hybridized carbons (Fsp3) is 0.438. The van der Waals surface area contributed by atoms with Crippen LogP contribution in [0.2, 0.25) is 5.02 Å². The third-order valence-electron chi connectivity index (χ3n) is 4.30. The van der Waals surface area contributed by atoms with Gasteiger partial charge >= 0.3 is 5.97 Å². The van der Waals surface area contributed by atoms with E-state index in [0.717, 1.165) is 30.0 Å². The van der Waals surface area contributed by atoms with Gasteiger partial charge in [-0.25, -0.2) is 17.6 Å². The maximum Gasteiger partial charge on any atom is 0.326 e. The highest BCUT2D eigenvalue weighted by atomic mass is 35.5. The Morgan fingerprint density at radius 1 is 1.38 bits per heavy atom. The van der Waals surface area contributed by atoms with Gasteiger partial charge in [-0.15, -0.1) is 0 Å². The van der Waals surface area contributed by atoms with Crippen LogP contribution in [0.25, 0.3) is 0 Å². The average Bonchev–Trinajstić information content (AvgIpc) is 3.03. The maximum absolute atomic E-state index is 13.1. The van der Waals surface area contributed by atoms with Crippen molar-refractivity contribution in [2.75, 3.05) is 6.54 Å². The first-order chi connectivity index (χ1) is 12.1. The lowest BCUT2D eigenvalue weighted by Crippen LogP contribution is -2.42. The normalized spacial score (nSPS) is 18.6. The van der Waals surface area contributed by atoms with Crippen molar-refractivity contribution in [1.82, 2.24) is 4.90 Å². The standard InChI is InChI=1S/C16H17ClFNO6S/c1-9(26(24,25)14-5-4-10(18)7-11(14)17)13(20)8-15(21)19-6-2-3-12(19)16(22)23/h4-5,7,9,12H,2-3,6,8H2,1H3,(H,22,23). The second kappa shape index (κ2) is 7.71. The van der Waals surface area contributed by atoms with Crippen LogP contribution in [0.15, 0.2) is 23.1 Å². The molecular weight excluding hydrogens is 389 g/mol. The van der Waals surface area contributed by atoms with E-state index in [1.165, 1.54) is 0 Å². The first-order valence-corrected chi connectivity index (χ1v) is 9.72. The van der Waals surface area contributed by atoms with Crippen LogP contribution < -0.4 is 0 Å². The van der Waals surface area contributed by atoms with Crippen LogP contribution in [0.5, 0.6) is 0 Å². The van der Waals surface area contributed by atoms with E-state index in [1.807, 2.05) is 0 Å². The van der Waals surface area contributed by atoms with E-state index in [0.29, 0.717) is 6.42 Å². The minimum absolute atomic E-state index is 0.202. The molecule has 0 spiro atoms. The van der Waals surface area contributed by atoms with Crippen molar-refractivity contribution in [3.05, 3.63) is 29.0 Å². The number of benzene rings is 1. The molecule has 142 valence electrons. The molecule has 1 aliphatic heterocycles. The second-order valence-corrected chi connectivity index (χ2v) is 8.63. The Hall–Kier alpha value is -2.00. The van der Waals surface area contributed by atoms with Gasteiger partial charge in [0.1, 0.15) is 17.1 Å². The number of carboxylic acids is 1. The van der Waals surface area contributed by atoms with Gasteiger partial charge < -0.3 is 10.0 Å². The third-order valence-corrected chi connectivity index (χ3v) is 6.89. The Bertz CT molecular complexity index is 856. The van der Waals surface area contributed by atoms with Gasteiger partial charge in [0.05, 0.1) is 16.3 Å². The summed E-state index contributed by atoms with van der Waals surface area (Å²) in [6.45, 7) is 1.32. The highest BCUT2D eigenvalue weighted by Crippen LogP contribution is 2.27. The Morgan fingerprint density at radius 2 is 2.04 bits per heavy atom. The fourth-order valence-corrected chi connectivity index (χ4v) is 4.67. The van der Waals surface area contributed by atoms with Gasteiger partial charge in [-0.05, 0) is 38.0 Å². The van der Waals surface area contributed by atoms with Crippen LogP contribution in [0.1, 0.15) is 26.2 Å². The Labute approximate surface area is 154 Å². The lowest BCUT2D eigenvalue weighted by Gasteiger charge is -2.22. The molecule has 1 heterocycles. The summed E-state index contributed by atoms with van der Waals surface area (Å²) < 4.78 is 38.2. The number of carbonyl (C=O) groups is 3. The molecule has 0 aliphatic carbocycles. The molecule has 0 bridgehead atoms. The molecule has 0 aromatic heterocycles. The molecule has 1 aliphatic rings. The van der Waals surface area contributed by atoms with Crippen molar-refractivity contribution in [2.24, 2.45) is 0 Å². The predicted molar refractivity (Wildman–Crippen MR) is 90.1 cm³/mol. The van der Waals surface area contributed by atoms with E-state index in [4.69, 9.17) is 16.7 Å². The van der Waals surface area contributed by atoms with E-state index >= 15 is 0 Å². The maximum atomic E-state index is 13.1. The van der Waals surface area contributed by atoms with Crippen LogP contribution in [0.3, 0.4) is 0 Å². The lowest BCUT2D eigenvalue weighted by molar-refractivity contribution is -0.149. The lowest BCUT2D eigenvalue weighted by atomic mass is 10.2. The monoisotopic (exact) mass is 405 g/mol. The predicted octanol–water partition coefficient (Wildman–Crippen LogP) is 1.68. The molecule has 10 heteroatoms. The zero-order chi connectivity index (χ0) is 19.6. The summed E-state index contributed by atoms with van der Waals surface area (Å²) in [5, 5.41) is 7.14. The van der Waals surface area contributed by atoms with Crippen molar-refractivity contribution in [3.8, 4) is 0 Å². The summed E-state index contributed by atoms with van der Waals surface area (Å²) in [7, 11) is -4.22. The molecular formula is C16H17ClFNO6S. The molecule has 0 saturated carbocycles. The molecule has 2 rings (SSSR count). The molecule has 1 aromatic rings. The molecule has 1 N–H and O–H groups in total. The number of carboxylic acid groups (broad SMARTS) is 1. The molecule has 7 nitrogen and oxygen atoms in total. The number of likely N-dealkylation sites (tertiary alicyclic amines) is 1. The fourth-order valence-electron chi connectivity index (χ4n) is 2.79. The molecule has 1 aromatic carbocycles. The van der Waals surface area contributed by atoms with Crippen LogP contribution in [0, 0.1) is 5.82 Å². The molecule has 1 amide bonds. The summed E-state index contributed by atoms with van der Waals surface area (Å²) in [6, 6.07) is 1.68. The van der Waals surface area contributed by atoms with Crippen LogP contribution >= 0.6 is 11.6 Å². The SMILES string of the molecule is CC(C(=O)CC(=O)N1CCCC1C(=O)O)S(=O)(=O)c1ccc(F)cc1Cl. The number of ketones is 1. The summed E-state index contributed by atoms with van der Waals surface area (Å²) >= 11 is 5.76. The van der Waals surface area contributed by atoms with Crippen molar-refractivity contribution in [1.29, 1.82) is 0 Å². The Kier molecular flexibility index (Phi) is 6.02. The number of sulfone groups is 1. The summed E-state index contributed by atoms with van der Waals surface area (Å²) in [6.07, 6.45) is 0.0488. The van der Waals surface area contributed by atoms with Crippen molar-refractivity contribution in [3.63, 3.8) is 0 Å². The van der Waals surface area contributed by atoms with Crippen LogP contribution in [-0.2, 0) is 24.2 Å². The highest BCUT2D eigenvalue weighted by Gasteiger charge is 2.37. The van der Waals surface area contributed by atoms with Gasteiger partial charge in [0.25, 0.3) is 0 Å². The van der Waals surface area contributed by atoms with Crippen molar-refractivity contribution < 1.29 is 32.3 Å². The first-order valence-electron chi connectivity index (χ1n) is 7.79. The average molecular weight is 406 g/mol. The molecule has 2 atom stereocenters. The number of nitrogens with zero attached hydrogens (tertiary/aromatic N) is 1. The Morgan fingerprint density at radius 3 is 2.62 bits per heavy atom. The van der Waals surface area contributed by atoms with E-state index in [-0.39, 0.29) is 18.0 Å². The second-order valence-electron chi connectivity index (χ2n) is 5.99. The van der Waals surface area contributed by atoms with Crippen molar-refractivity contribution >= 4 is 39.1 Å². The molecule has 1 saturated heterocycles. The van der Waals surface area contributed by atoms with Crippen molar-refractivity contribution in [2.45, 2.75) is 42.4 Å². The summed E-state index contributed by atoms with van der Waals surface area (Å²) in [4.78, 5) is 36.3. The largest absolute Gasteiger partial charge is 0.480 e. The molecule has 1 fully saturated rings. The number of amides is 1. The minimum Gasteiger partial charge on any atom is -0.480 e. The first kappa shape index (κ1) is 20.3. The number of hydrogen-bond acceptors (Lipinski definition) is 5. The van der Waals surface area contributed by atoms with Crippen LogP contribution in [0.4, 0.5) is 4.39 Å². The zero-order valence-corrected chi connectivity index (χ0v) is 15.4. The Balaban J connectivity index is 2.16. The highest BCUT2D eigenvalue weighted by molar-refractivity contribution is 7.93. The van der Waals surface area contributed by atoms with Gasteiger partial charge in [0.2, 0.25) is 5.91 Å². The van der Waals surface area contributed by atoms with E-state index < -0.39 is 55.9 Å². The van der Waals surface area contributed by atoms with E-state index in [9.17, 15) is 27.2 Å². The smallest absolute Gasteiger partial charge is 0.326 e. The van der Waals surface area contributed by atoms with Gasteiger partial charge in [0.15, 0.2) is 15.6 Å². The number of rotatable bonds is 6. The molecule has 0 radical (unpaired) electrons. The number of Topliss-reactive ketones (excluding diaryl/α,β-unsaturated/α-hetero) is 1. The number of halogens is 2. The van der Waals surface area contributed by atoms with E-state index in [1.54, 1.807) is 0 Å². The molecule has 2 unspecified atom stereocenters. The van der Waals surface area contributed by atoms with Gasteiger partial charge in [-0.2, -0.15) is 0 Å². The topological polar surface area (TPSA) is 109 Å². The van der Waals surface area contributed by atoms with Gasteiger partial charge in [-0.1, -0.05) is 11.6 Å².